The Balaban J connectivity index is 0. The molecule has 0 saturated carbocycles. The van der Waals surface area contributed by atoms with Crippen molar-refractivity contribution in [3.8, 4) is 6.07 Å². The van der Waals surface area contributed by atoms with Crippen molar-refractivity contribution < 1.29 is 9.59 Å². The van der Waals surface area contributed by atoms with Gasteiger partial charge in [0.2, 0.25) is 0 Å². The summed E-state index contributed by atoms with van der Waals surface area (Å²) in [4.78, 5) is 0. The third kappa shape index (κ3) is 11.7. The van der Waals surface area contributed by atoms with Gasteiger partial charge in [0.1, 0.15) is 5.75 Å². The first-order valence-corrected chi connectivity index (χ1v) is 2.13. The molecule has 0 aromatic carbocycles. The van der Waals surface area contributed by atoms with Crippen LogP contribution in [0.1, 0.15) is 0 Å². The van der Waals surface area contributed by atoms with Crippen LogP contribution >= 0.6 is 12.0 Å². The summed E-state index contributed by atoms with van der Waals surface area (Å²) in [6, 6.07) is 1.75. The zero-order chi connectivity index (χ0) is 4.83. The van der Waals surface area contributed by atoms with Crippen molar-refractivity contribution in [2.24, 2.45) is 0 Å². The van der Waals surface area contributed by atoms with Gasteiger partial charge in [-0.2, -0.15) is 9.60 Å². The smallest absolute Gasteiger partial charge is 0.110 e. The van der Waals surface area contributed by atoms with E-state index in [9.17, 15) is 0 Å². The summed E-state index contributed by atoms with van der Waals surface area (Å²) in [5.41, 5.74) is 0. The Morgan fingerprint density at radius 3 is 2.57 bits per heavy atom. The van der Waals surface area contributed by atoms with Gasteiger partial charge >= 0.3 is 0 Å². The molecule has 1 N–H and O–H groups in total. The van der Waals surface area contributed by atoms with Gasteiger partial charge in [0.15, 0.2) is 0 Å². The van der Waals surface area contributed by atoms with Crippen molar-refractivity contribution in [1.29, 1.82) is 5.26 Å². The number of hydrogen-bond donors (Lipinski definition) is 1. The van der Waals surface area contributed by atoms with E-state index in [1.807, 2.05) is 0 Å². The van der Waals surface area contributed by atoms with E-state index in [4.69, 9.17) is 10.5 Å². The predicted molar refractivity (Wildman–Crippen MR) is 21.8 cm³/mol. The number of rotatable bonds is 2. The maximum absolute atomic E-state index is 7.74. The molecule has 0 rings (SSSR count). The van der Waals surface area contributed by atoms with Gasteiger partial charge in [-0.1, -0.05) is 0 Å². The summed E-state index contributed by atoms with van der Waals surface area (Å²) < 4.78 is 3.48. The molecule has 0 spiro atoms. The maximum Gasteiger partial charge on any atom is 0.110 e. The van der Waals surface area contributed by atoms with Gasteiger partial charge in [0.25, 0.3) is 0 Å². The van der Waals surface area contributed by atoms with Crippen molar-refractivity contribution in [2.45, 2.75) is 0 Å². The molecule has 5 heteroatoms. The van der Waals surface area contributed by atoms with E-state index in [1.165, 1.54) is 0 Å². The molecule has 0 unspecified atom stereocenters. The Labute approximate surface area is 39.7 Å². The minimum atomic E-state index is 0. The van der Waals surface area contributed by atoms with Crippen LogP contribution in [-0.2, 0) is 4.33 Å². The second kappa shape index (κ2) is 8.83. The van der Waals surface area contributed by atoms with Crippen molar-refractivity contribution >= 4 is 12.0 Å². The van der Waals surface area contributed by atoms with Crippen LogP contribution in [-0.4, -0.2) is 11.0 Å². The van der Waals surface area contributed by atoms with Gasteiger partial charge in [-0.05, 0) is 0 Å². The van der Waals surface area contributed by atoms with E-state index in [1.54, 1.807) is 6.07 Å². The van der Waals surface area contributed by atoms with E-state index in [0.717, 1.165) is 0 Å². The fraction of sp³-hybridized carbons (Fsp3) is 0.500. The number of nitrogens with zero attached hydrogens (tertiary/aromatic N) is 1. The molecule has 0 aromatic rings. The Bertz CT molecular complexity index is 63.2. The monoisotopic (exact) mass is 372 g/mol. The third-order valence-electron chi connectivity index (χ3n) is 0.176. The SMILES string of the molecule is N#CCSOO.[Rf]. The molecule has 0 fully saturated rings. The van der Waals surface area contributed by atoms with Gasteiger partial charge in [0, 0.05) is 12.0 Å². The van der Waals surface area contributed by atoms with Crippen molar-refractivity contribution in [2.75, 3.05) is 5.75 Å². The van der Waals surface area contributed by atoms with E-state index in [-0.39, 0.29) is 5.75 Å². The van der Waals surface area contributed by atoms with Crippen LogP contribution in [0.2, 0.25) is 0 Å². The van der Waals surface area contributed by atoms with Crippen LogP contribution in [0.25, 0.3) is 0 Å². The zero-order valence-corrected chi connectivity index (χ0v) is 10.8. The molecular formula is C2H3NO2RfS. The van der Waals surface area contributed by atoms with Crippen LogP contribution in [0.5, 0.6) is 0 Å². The van der Waals surface area contributed by atoms with Gasteiger partial charge in [-0.15, -0.1) is 0 Å². The molecule has 0 atom stereocenters. The molecule has 36 valence electrons. The Morgan fingerprint density at radius 2 is 2.43 bits per heavy atom. The van der Waals surface area contributed by atoms with Gasteiger partial charge < -0.3 is 0 Å². The second-order valence-electron chi connectivity index (χ2n) is 0.495. The first kappa shape index (κ1) is 9.23. The largest absolute Gasteiger partial charge is 0.239 e. The van der Waals surface area contributed by atoms with Crippen LogP contribution in [0.4, 0.5) is 0 Å². The zero-order valence-electron chi connectivity index (χ0n) is 3.63. The first-order chi connectivity index (χ1) is 2.91. The molecule has 0 aliphatic rings. The third-order valence-corrected chi connectivity index (χ3v) is 0.529. The molecule has 0 saturated heterocycles. The van der Waals surface area contributed by atoms with Gasteiger partial charge in [-0.3, -0.25) is 0 Å². The topological polar surface area (TPSA) is 53.2 Å². The summed E-state index contributed by atoms with van der Waals surface area (Å²) in [7, 11) is 0. The normalized spacial score (nSPS) is 6.29. The quantitative estimate of drug-likeness (QED) is 0.335. The molecule has 0 aliphatic carbocycles. The van der Waals surface area contributed by atoms with E-state index in [2.05, 4.69) is 4.33 Å². The van der Waals surface area contributed by atoms with Gasteiger partial charge in [0.05, 0.1) is 6.07 Å². The molecular weight excluding hydrogens is 369 g/mol. The van der Waals surface area contributed by atoms with Crippen LogP contribution in [0.15, 0.2) is 0 Å². The summed E-state index contributed by atoms with van der Waals surface area (Å²) in [5, 5.41) is 15.2. The van der Waals surface area contributed by atoms with Crippen LogP contribution < -0.4 is 0 Å². The molecule has 0 radical (unpaired) electrons. The van der Waals surface area contributed by atoms with Crippen molar-refractivity contribution in [3.05, 3.63) is 0 Å². The molecule has 0 heterocycles. The van der Waals surface area contributed by atoms with Crippen LogP contribution in [0, 0.1) is 11.3 Å². The van der Waals surface area contributed by atoms with E-state index in [0.29, 0.717) is 12.0 Å². The molecule has 7 heavy (non-hydrogen) atoms. The first-order valence-electron chi connectivity index (χ1n) is 1.22. The van der Waals surface area contributed by atoms with Crippen LogP contribution in [0.3, 0.4) is 0 Å². The minimum Gasteiger partial charge on any atom is -0.239 e. The Kier molecular flexibility index (Phi) is 11.7. The Hall–Kier alpha value is -1.24. The molecule has 0 bridgehead atoms. The standard InChI is InChI=1S/C2H3NO2S.Rf/c3-1-2-6-5-4;/h4H,2H2;. The van der Waals surface area contributed by atoms with Crippen molar-refractivity contribution in [1.82, 2.24) is 0 Å². The summed E-state index contributed by atoms with van der Waals surface area (Å²) in [6.07, 6.45) is 0. The summed E-state index contributed by atoms with van der Waals surface area (Å²) in [6.45, 7) is 0. The van der Waals surface area contributed by atoms with E-state index >= 15 is 0 Å². The molecule has 0 aromatic heterocycles. The van der Waals surface area contributed by atoms with E-state index < -0.39 is 0 Å². The fourth-order valence-corrected chi connectivity index (χ4v) is 0.158. The second-order valence-corrected chi connectivity index (χ2v) is 1.17. The van der Waals surface area contributed by atoms with Gasteiger partial charge in [-0.25, -0.2) is 5.26 Å². The minimum absolute atomic E-state index is 0. The number of hydrogen-bond acceptors (Lipinski definition) is 4. The maximum atomic E-state index is 7.74. The Morgan fingerprint density at radius 1 is 1.86 bits per heavy atom. The summed E-state index contributed by atoms with van der Waals surface area (Å²) in [5.74, 6) is 0.163. The average Bonchev–Trinajstić information content (AvgIpc) is 1.61. The molecule has 0 aliphatic heterocycles. The van der Waals surface area contributed by atoms with Crippen molar-refractivity contribution in [3.63, 3.8) is 0 Å². The summed E-state index contributed by atoms with van der Waals surface area (Å²) >= 11 is 0.703. The molecule has 0 amide bonds. The predicted octanol–water partition coefficient (Wildman–Crippen LogP) is 0.648. The molecule has 3 nitrogen and oxygen atoms in total. The number of nitriles is 1. The average molecular weight is 372 g/mol. The fourth-order valence-electron chi connectivity index (χ4n) is 0.0527.